The van der Waals surface area contributed by atoms with E-state index in [4.69, 9.17) is 9.47 Å². The number of allylic oxidation sites excluding steroid dienone is 1. The van der Waals surface area contributed by atoms with Gasteiger partial charge in [-0.2, -0.15) is 0 Å². The standard InChI is InChI=1S/C31H41NO10/c1-29-10-8-18(33)12-17(29)4-5-20-21-9-11-31(40,30(21,2)14-23(35)27(20)29)24(36)16-42-26(38)7-6-25(37)32-15-19(34)13-22(32)28(39)41-3/h12,19-22,27,34,40H,4-11,13-16H2,1-3H3/t19-,20+,21+,22-,27-,29-,30-,31-/m0/s1. The maximum atomic E-state index is 13.8. The van der Waals surface area contributed by atoms with Gasteiger partial charge in [0.1, 0.15) is 17.4 Å². The third-order valence-electron chi connectivity index (χ3n) is 11.2. The molecular weight excluding hydrogens is 546 g/mol. The number of amides is 1. The summed E-state index contributed by atoms with van der Waals surface area (Å²) in [6.45, 7) is 3.17. The normalized spacial score (nSPS) is 39.1. The SMILES string of the molecule is COC(=O)[C@@H]1C[C@H](O)CN1C(=O)CCC(=O)OCC(=O)[C@@]1(O)CC[C@@H]2[C@H]3CCC4=CC(=O)CC[C@]4(C)[C@@H]3C(=O)C[C@@]21C. The van der Waals surface area contributed by atoms with Crippen molar-refractivity contribution < 1.29 is 48.5 Å². The third-order valence-corrected chi connectivity index (χ3v) is 11.2. The first-order valence-electron chi connectivity index (χ1n) is 15.0. The number of carbonyl (C=O) groups is 6. The van der Waals surface area contributed by atoms with Crippen molar-refractivity contribution in [1.29, 1.82) is 0 Å². The predicted molar refractivity (Wildman–Crippen MR) is 145 cm³/mol. The lowest BCUT2D eigenvalue weighted by molar-refractivity contribution is -0.174. The zero-order valence-corrected chi connectivity index (χ0v) is 24.6. The van der Waals surface area contributed by atoms with Gasteiger partial charge in [0.15, 0.2) is 12.4 Å². The Balaban J connectivity index is 1.20. The number of hydrogen-bond donors (Lipinski definition) is 2. The molecule has 4 fully saturated rings. The molecule has 0 spiro atoms. The Morgan fingerprint density at radius 3 is 2.52 bits per heavy atom. The Bertz CT molecular complexity index is 1240. The van der Waals surface area contributed by atoms with E-state index in [1.54, 1.807) is 13.0 Å². The van der Waals surface area contributed by atoms with E-state index >= 15 is 0 Å². The molecule has 42 heavy (non-hydrogen) atoms. The average molecular weight is 588 g/mol. The van der Waals surface area contributed by atoms with Gasteiger partial charge in [0.25, 0.3) is 0 Å². The average Bonchev–Trinajstić information content (AvgIpc) is 3.47. The Hall–Kier alpha value is -2.92. The minimum atomic E-state index is -1.83. The highest BCUT2D eigenvalue weighted by Gasteiger charge is 2.68. The molecular formula is C31H41NO10. The van der Waals surface area contributed by atoms with Crippen LogP contribution >= 0.6 is 0 Å². The number of β-amino-alcohol motifs (C(OH)–C–C–N with tert-alkyl or cyclic N) is 1. The fourth-order valence-electron chi connectivity index (χ4n) is 8.98. The van der Waals surface area contributed by atoms with Gasteiger partial charge in [-0.15, -0.1) is 0 Å². The van der Waals surface area contributed by atoms with Crippen molar-refractivity contribution in [2.45, 2.75) is 95.8 Å². The molecule has 1 aliphatic heterocycles. The highest BCUT2D eigenvalue weighted by atomic mass is 16.5. The van der Waals surface area contributed by atoms with E-state index in [0.717, 1.165) is 18.4 Å². The summed E-state index contributed by atoms with van der Waals surface area (Å²) in [4.78, 5) is 77.5. The zero-order valence-electron chi connectivity index (χ0n) is 24.6. The molecule has 1 heterocycles. The van der Waals surface area contributed by atoms with Gasteiger partial charge in [-0.3, -0.25) is 24.0 Å². The molecule has 11 heteroatoms. The number of carbonyl (C=O) groups excluding carboxylic acids is 6. The number of fused-ring (bicyclic) bond motifs is 5. The summed E-state index contributed by atoms with van der Waals surface area (Å²) in [5, 5.41) is 21.7. The van der Waals surface area contributed by atoms with Gasteiger partial charge in [0.2, 0.25) is 11.7 Å². The van der Waals surface area contributed by atoms with Gasteiger partial charge in [0.05, 0.1) is 19.6 Å². The molecule has 0 unspecified atom stereocenters. The fourth-order valence-corrected chi connectivity index (χ4v) is 8.98. The summed E-state index contributed by atoms with van der Waals surface area (Å²) in [5.74, 6) is -2.81. The molecule has 0 aromatic heterocycles. The van der Waals surface area contributed by atoms with E-state index in [-0.39, 0.29) is 73.4 Å². The second-order valence-corrected chi connectivity index (χ2v) is 13.4. The number of ether oxygens (including phenoxy) is 2. The van der Waals surface area contributed by atoms with Crippen molar-refractivity contribution in [3.8, 4) is 0 Å². The lowest BCUT2D eigenvalue weighted by Gasteiger charge is -2.57. The number of aliphatic hydroxyl groups is 2. The first-order valence-corrected chi connectivity index (χ1v) is 15.0. The monoisotopic (exact) mass is 587 g/mol. The van der Waals surface area contributed by atoms with Gasteiger partial charge in [-0.25, -0.2) is 4.79 Å². The molecule has 5 aliphatic rings. The van der Waals surface area contributed by atoms with Crippen LogP contribution in [0, 0.1) is 28.6 Å². The number of nitrogens with zero attached hydrogens (tertiary/aromatic N) is 1. The molecule has 0 aromatic carbocycles. The number of methoxy groups -OCH3 is 1. The molecule has 230 valence electrons. The molecule has 0 bridgehead atoms. The van der Waals surface area contributed by atoms with Crippen LogP contribution in [0.25, 0.3) is 0 Å². The van der Waals surface area contributed by atoms with Crippen LogP contribution in [0.5, 0.6) is 0 Å². The van der Waals surface area contributed by atoms with Gasteiger partial charge in [0, 0.05) is 43.6 Å². The number of likely N-dealkylation sites (tertiary alicyclic amines) is 1. The van der Waals surface area contributed by atoms with Crippen LogP contribution in [0.1, 0.15) is 78.1 Å². The minimum Gasteiger partial charge on any atom is -0.467 e. The smallest absolute Gasteiger partial charge is 0.328 e. The lowest BCUT2D eigenvalue weighted by atomic mass is 9.46. The summed E-state index contributed by atoms with van der Waals surface area (Å²) in [6, 6.07) is -0.923. The van der Waals surface area contributed by atoms with Crippen molar-refractivity contribution in [3.05, 3.63) is 11.6 Å². The molecule has 0 aromatic rings. The quantitative estimate of drug-likeness (QED) is 0.417. The van der Waals surface area contributed by atoms with Crippen LogP contribution in [0.3, 0.4) is 0 Å². The van der Waals surface area contributed by atoms with Crippen molar-refractivity contribution >= 4 is 35.2 Å². The Kier molecular flexibility index (Phi) is 7.98. The maximum Gasteiger partial charge on any atom is 0.328 e. The van der Waals surface area contributed by atoms with E-state index in [2.05, 4.69) is 6.92 Å². The number of Topliss-reactive ketones (excluding diaryl/α,β-unsaturated/α-hetero) is 2. The molecule has 5 rings (SSSR count). The van der Waals surface area contributed by atoms with E-state index in [0.29, 0.717) is 19.3 Å². The van der Waals surface area contributed by atoms with Crippen molar-refractivity contribution in [2.75, 3.05) is 20.3 Å². The van der Waals surface area contributed by atoms with Crippen LogP contribution in [0.2, 0.25) is 0 Å². The van der Waals surface area contributed by atoms with Crippen LogP contribution < -0.4 is 0 Å². The van der Waals surface area contributed by atoms with Crippen LogP contribution in [0.4, 0.5) is 0 Å². The molecule has 0 radical (unpaired) electrons. The summed E-state index contributed by atoms with van der Waals surface area (Å²) in [5.41, 5.74) is -2.15. The summed E-state index contributed by atoms with van der Waals surface area (Å²) >= 11 is 0. The third kappa shape index (κ3) is 4.82. The number of rotatable bonds is 7. The molecule has 8 atom stereocenters. The fraction of sp³-hybridized carbons (Fsp3) is 0.742. The number of esters is 2. The van der Waals surface area contributed by atoms with Gasteiger partial charge >= 0.3 is 11.9 Å². The summed E-state index contributed by atoms with van der Waals surface area (Å²) < 4.78 is 9.87. The molecule has 11 nitrogen and oxygen atoms in total. The lowest BCUT2D eigenvalue weighted by Crippen LogP contribution is -2.61. The van der Waals surface area contributed by atoms with Crippen LogP contribution in [-0.2, 0) is 38.2 Å². The van der Waals surface area contributed by atoms with E-state index in [1.807, 2.05) is 0 Å². The Morgan fingerprint density at radius 2 is 1.81 bits per heavy atom. The molecule has 1 saturated heterocycles. The van der Waals surface area contributed by atoms with Gasteiger partial charge in [-0.1, -0.05) is 19.4 Å². The highest BCUT2D eigenvalue weighted by Crippen LogP contribution is 2.66. The second-order valence-electron chi connectivity index (χ2n) is 13.4. The topological polar surface area (TPSA) is 165 Å². The largest absolute Gasteiger partial charge is 0.467 e. The Morgan fingerprint density at radius 1 is 1.07 bits per heavy atom. The highest BCUT2D eigenvalue weighted by molar-refractivity contribution is 5.95. The number of aliphatic hydroxyl groups excluding tert-OH is 1. The molecule has 4 aliphatic carbocycles. The number of hydrogen-bond acceptors (Lipinski definition) is 10. The predicted octanol–water partition coefficient (Wildman–Crippen LogP) is 1.46. The van der Waals surface area contributed by atoms with E-state index in [9.17, 15) is 39.0 Å². The van der Waals surface area contributed by atoms with Gasteiger partial charge < -0.3 is 24.6 Å². The Labute approximate surface area is 245 Å². The van der Waals surface area contributed by atoms with Crippen LogP contribution in [-0.4, -0.2) is 88.3 Å². The number of ketones is 3. The first kappa shape index (κ1) is 30.5. The van der Waals surface area contributed by atoms with Crippen LogP contribution in [0.15, 0.2) is 11.6 Å². The zero-order chi connectivity index (χ0) is 30.6. The molecule has 3 saturated carbocycles. The van der Waals surface area contributed by atoms with Crippen molar-refractivity contribution in [2.24, 2.45) is 28.6 Å². The van der Waals surface area contributed by atoms with E-state index < -0.39 is 53.4 Å². The second kappa shape index (κ2) is 11.0. The van der Waals surface area contributed by atoms with Crippen molar-refractivity contribution in [3.63, 3.8) is 0 Å². The summed E-state index contributed by atoms with van der Waals surface area (Å²) in [6.07, 6.45) is 3.58. The minimum absolute atomic E-state index is 0.0000822. The van der Waals surface area contributed by atoms with Gasteiger partial charge in [-0.05, 0) is 55.4 Å². The van der Waals surface area contributed by atoms with Crippen molar-refractivity contribution in [1.82, 2.24) is 4.90 Å². The first-order chi connectivity index (χ1) is 19.7. The molecule has 2 N–H and O–H groups in total. The maximum absolute atomic E-state index is 13.8. The summed E-state index contributed by atoms with van der Waals surface area (Å²) in [7, 11) is 1.19. The van der Waals surface area contributed by atoms with E-state index in [1.165, 1.54) is 12.0 Å². The molecule has 1 amide bonds.